The predicted octanol–water partition coefficient (Wildman–Crippen LogP) is 1.96. The van der Waals surface area contributed by atoms with E-state index in [9.17, 15) is 19.3 Å². The first-order chi connectivity index (χ1) is 9.47. The Labute approximate surface area is 112 Å². The van der Waals surface area contributed by atoms with Crippen LogP contribution in [0.15, 0.2) is 28.8 Å². The highest BCUT2D eigenvalue weighted by Gasteiger charge is 2.16. The molecule has 2 rings (SSSR count). The number of hydrogen-bond acceptors (Lipinski definition) is 5. The van der Waals surface area contributed by atoms with Gasteiger partial charge in [0.05, 0.1) is 17.7 Å². The van der Waals surface area contributed by atoms with E-state index in [0.29, 0.717) is 11.7 Å². The number of rotatable bonds is 4. The van der Waals surface area contributed by atoms with Gasteiger partial charge in [-0.1, -0.05) is 0 Å². The van der Waals surface area contributed by atoms with Crippen molar-refractivity contribution in [2.45, 2.75) is 13.5 Å². The molecular weight excluding hydrogens is 269 g/mol. The van der Waals surface area contributed by atoms with E-state index in [4.69, 9.17) is 4.42 Å². The third-order valence-corrected chi connectivity index (χ3v) is 2.48. The summed E-state index contributed by atoms with van der Waals surface area (Å²) in [7, 11) is 0. The van der Waals surface area contributed by atoms with Crippen LogP contribution in [0.25, 0.3) is 0 Å². The maximum absolute atomic E-state index is 13.4. The van der Waals surface area contributed by atoms with E-state index in [0.717, 1.165) is 12.1 Å². The van der Waals surface area contributed by atoms with Gasteiger partial charge < -0.3 is 9.73 Å². The number of halogens is 1. The van der Waals surface area contributed by atoms with Crippen molar-refractivity contribution in [1.82, 2.24) is 10.3 Å². The monoisotopic (exact) mass is 279 g/mol. The van der Waals surface area contributed by atoms with Crippen LogP contribution < -0.4 is 5.32 Å². The number of aryl methyl sites for hydroxylation is 1. The van der Waals surface area contributed by atoms with Gasteiger partial charge in [-0.25, -0.2) is 4.98 Å². The molecule has 1 aromatic heterocycles. The van der Waals surface area contributed by atoms with Crippen molar-refractivity contribution in [2.75, 3.05) is 0 Å². The van der Waals surface area contributed by atoms with E-state index < -0.39 is 22.3 Å². The van der Waals surface area contributed by atoms with Crippen molar-refractivity contribution in [3.63, 3.8) is 0 Å². The third kappa shape index (κ3) is 2.97. The maximum Gasteiger partial charge on any atom is 0.304 e. The smallest absolute Gasteiger partial charge is 0.304 e. The molecule has 1 amide bonds. The van der Waals surface area contributed by atoms with Crippen LogP contribution in [0.4, 0.5) is 10.1 Å². The lowest BCUT2D eigenvalue weighted by molar-refractivity contribution is -0.387. The van der Waals surface area contributed by atoms with Crippen molar-refractivity contribution < 1.29 is 18.5 Å². The normalized spacial score (nSPS) is 10.3. The van der Waals surface area contributed by atoms with Gasteiger partial charge in [-0.05, 0) is 19.1 Å². The minimum Gasteiger partial charge on any atom is -0.444 e. The van der Waals surface area contributed by atoms with Crippen LogP contribution in [-0.4, -0.2) is 15.8 Å². The van der Waals surface area contributed by atoms with Crippen molar-refractivity contribution >= 4 is 11.6 Å². The Balaban J connectivity index is 2.06. The summed E-state index contributed by atoms with van der Waals surface area (Å²) >= 11 is 0. The molecule has 0 fully saturated rings. The van der Waals surface area contributed by atoms with Gasteiger partial charge in [0.2, 0.25) is 11.7 Å². The largest absolute Gasteiger partial charge is 0.444 e. The van der Waals surface area contributed by atoms with Crippen LogP contribution >= 0.6 is 0 Å². The van der Waals surface area contributed by atoms with Gasteiger partial charge in [-0.2, -0.15) is 4.39 Å². The summed E-state index contributed by atoms with van der Waals surface area (Å²) in [5.74, 6) is -0.710. The van der Waals surface area contributed by atoms with Crippen LogP contribution in [-0.2, 0) is 6.54 Å². The molecular formula is C12H10FN3O4. The lowest BCUT2D eigenvalue weighted by Crippen LogP contribution is -2.23. The van der Waals surface area contributed by atoms with E-state index in [1.807, 2.05) is 0 Å². The Bertz CT molecular complexity index is 668. The van der Waals surface area contributed by atoms with E-state index in [2.05, 4.69) is 10.3 Å². The zero-order valence-corrected chi connectivity index (χ0v) is 10.4. The number of aromatic nitrogens is 1. The molecule has 0 aliphatic rings. The minimum atomic E-state index is -1.06. The van der Waals surface area contributed by atoms with E-state index >= 15 is 0 Å². The van der Waals surface area contributed by atoms with Gasteiger partial charge in [0.1, 0.15) is 5.76 Å². The number of nitrogens with one attached hydrogen (secondary N) is 1. The van der Waals surface area contributed by atoms with Crippen molar-refractivity contribution in [2.24, 2.45) is 0 Å². The first-order valence-corrected chi connectivity index (χ1v) is 5.61. The highest BCUT2D eigenvalue weighted by molar-refractivity contribution is 5.94. The summed E-state index contributed by atoms with van der Waals surface area (Å²) in [6.45, 7) is 1.76. The van der Waals surface area contributed by atoms with E-state index in [1.54, 1.807) is 6.92 Å². The van der Waals surface area contributed by atoms with Crippen molar-refractivity contribution in [3.05, 3.63) is 57.5 Å². The first-order valence-electron chi connectivity index (χ1n) is 5.61. The topological polar surface area (TPSA) is 98.3 Å². The molecule has 1 heterocycles. The number of nitrogens with zero attached hydrogens (tertiary/aromatic N) is 2. The van der Waals surface area contributed by atoms with Gasteiger partial charge >= 0.3 is 5.69 Å². The highest BCUT2D eigenvalue weighted by Crippen LogP contribution is 2.17. The summed E-state index contributed by atoms with van der Waals surface area (Å²) in [5.41, 5.74) is -0.693. The van der Waals surface area contributed by atoms with Gasteiger partial charge in [0.25, 0.3) is 5.91 Å². The number of carbonyl (C=O) groups excluding carboxylic acids is 1. The lowest BCUT2D eigenvalue weighted by Gasteiger charge is -2.03. The molecule has 0 unspecified atom stereocenters. The second-order valence-electron chi connectivity index (χ2n) is 3.97. The SMILES string of the molecule is Cc1cnc(CNC(=O)c2ccc([N+](=O)[O-])c(F)c2)o1. The van der Waals surface area contributed by atoms with Crippen molar-refractivity contribution in [1.29, 1.82) is 0 Å². The molecule has 0 radical (unpaired) electrons. The molecule has 0 saturated carbocycles. The Kier molecular flexibility index (Phi) is 3.74. The zero-order valence-electron chi connectivity index (χ0n) is 10.4. The van der Waals surface area contributed by atoms with Crippen LogP contribution in [0.5, 0.6) is 0 Å². The number of oxazole rings is 1. The zero-order chi connectivity index (χ0) is 14.7. The Hall–Kier alpha value is -2.77. The number of hydrogen-bond donors (Lipinski definition) is 1. The average molecular weight is 279 g/mol. The van der Waals surface area contributed by atoms with Crippen molar-refractivity contribution in [3.8, 4) is 0 Å². The molecule has 0 spiro atoms. The third-order valence-electron chi connectivity index (χ3n) is 2.48. The Morgan fingerprint density at radius 3 is 2.85 bits per heavy atom. The molecule has 0 aliphatic carbocycles. The molecule has 1 N–H and O–H groups in total. The molecule has 0 atom stereocenters. The fourth-order valence-corrected chi connectivity index (χ4v) is 1.54. The molecule has 0 saturated heterocycles. The molecule has 20 heavy (non-hydrogen) atoms. The molecule has 8 heteroatoms. The number of carbonyl (C=O) groups is 1. The average Bonchev–Trinajstić information content (AvgIpc) is 2.81. The van der Waals surface area contributed by atoms with Gasteiger partial charge in [0, 0.05) is 11.6 Å². The molecule has 104 valence electrons. The Morgan fingerprint density at radius 2 is 2.30 bits per heavy atom. The van der Waals surface area contributed by atoms with Crippen LogP contribution in [0.1, 0.15) is 22.0 Å². The summed E-state index contributed by atoms with van der Waals surface area (Å²) in [6.07, 6.45) is 1.51. The van der Waals surface area contributed by atoms with Crippen LogP contribution in [0, 0.1) is 22.9 Å². The number of nitro benzene ring substituents is 1. The number of benzene rings is 1. The molecule has 0 bridgehead atoms. The minimum absolute atomic E-state index is 0.0172. The fourth-order valence-electron chi connectivity index (χ4n) is 1.54. The quantitative estimate of drug-likeness (QED) is 0.681. The number of amides is 1. The second kappa shape index (κ2) is 5.47. The standard InChI is InChI=1S/C12H10FN3O4/c1-7-5-14-11(20-7)6-15-12(17)8-2-3-10(16(18)19)9(13)4-8/h2-5H,6H2,1H3,(H,15,17). The Morgan fingerprint density at radius 1 is 1.55 bits per heavy atom. The molecule has 0 aliphatic heterocycles. The second-order valence-corrected chi connectivity index (χ2v) is 3.97. The summed E-state index contributed by atoms with van der Waals surface area (Å²) in [4.78, 5) is 25.2. The summed E-state index contributed by atoms with van der Waals surface area (Å²) in [5, 5.41) is 12.9. The predicted molar refractivity (Wildman–Crippen MR) is 65.5 cm³/mol. The van der Waals surface area contributed by atoms with Gasteiger partial charge in [-0.3, -0.25) is 14.9 Å². The molecule has 1 aromatic carbocycles. The molecule has 2 aromatic rings. The number of nitro groups is 1. The van der Waals surface area contributed by atoms with E-state index in [-0.39, 0.29) is 12.1 Å². The molecule has 7 nitrogen and oxygen atoms in total. The first kappa shape index (κ1) is 13.7. The maximum atomic E-state index is 13.4. The highest BCUT2D eigenvalue weighted by atomic mass is 19.1. The fraction of sp³-hybridized carbons (Fsp3) is 0.167. The van der Waals surface area contributed by atoms with Crippen LogP contribution in [0.2, 0.25) is 0 Å². The van der Waals surface area contributed by atoms with Gasteiger partial charge in [-0.15, -0.1) is 0 Å². The van der Waals surface area contributed by atoms with Gasteiger partial charge in [0.15, 0.2) is 0 Å². The van der Waals surface area contributed by atoms with E-state index in [1.165, 1.54) is 12.3 Å². The lowest BCUT2D eigenvalue weighted by atomic mass is 10.2. The summed E-state index contributed by atoms with van der Waals surface area (Å²) < 4.78 is 18.5. The van der Waals surface area contributed by atoms with Crippen LogP contribution in [0.3, 0.4) is 0 Å². The summed E-state index contributed by atoms with van der Waals surface area (Å²) in [6, 6.07) is 2.94.